The molecule has 2 aromatic rings. The fraction of sp³-hybridized carbons (Fsp3) is 0.250. The van der Waals surface area contributed by atoms with Gasteiger partial charge in [0.1, 0.15) is 0 Å². The molecule has 0 atom stereocenters. The second-order valence-corrected chi connectivity index (χ2v) is 5.24. The summed E-state index contributed by atoms with van der Waals surface area (Å²) in [7, 11) is 0. The molecule has 0 amide bonds. The Morgan fingerprint density at radius 1 is 1.50 bits per heavy atom. The van der Waals surface area contributed by atoms with Gasteiger partial charge in [0.15, 0.2) is 5.13 Å². The van der Waals surface area contributed by atoms with Gasteiger partial charge in [-0.1, -0.05) is 18.5 Å². The Morgan fingerprint density at radius 3 is 2.95 bits per heavy atom. The number of rotatable bonds is 6. The summed E-state index contributed by atoms with van der Waals surface area (Å²) in [5.41, 5.74) is 1.51. The second-order valence-electron chi connectivity index (χ2n) is 3.97. The van der Waals surface area contributed by atoms with Gasteiger partial charge < -0.3 is 10.6 Å². The molecule has 2 rings (SSSR count). The standard InChI is InChI=1S/C12H13ClN4O2S/c1-2-14-6-8-7-20-12(15-8)16-11-4-3-9(17(18)19)5-10(11)13/h3-5,7,14H,2,6H2,1H3,(H,15,16). The highest BCUT2D eigenvalue weighted by Crippen LogP contribution is 2.30. The van der Waals surface area contributed by atoms with Crippen LogP contribution in [0.2, 0.25) is 5.02 Å². The van der Waals surface area contributed by atoms with Gasteiger partial charge in [-0.05, 0) is 12.6 Å². The number of halogens is 1. The molecule has 20 heavy (non-hydrogen) atoms. The maximum absolute atomic E-state index is 10.6. The molecule has 0 bridgehead atoms. The Hall–Kier alpha value is -1.70. The summed E-state index contributed by atoms with van der Waals surface area (Å²) in [6.45, 7) is 3.62. The van der Waals surface area contributed by atoms with Crippen LogP contribution in [0, 0.1) is 10.1 Å². The Bertz CT molecular complexity index is 617. The lowest BCUT2D eigenvalue weighted by atomic mass is 10.3. The van der Waals surface area contributed by atoms with E-state index in [0.717, 1.165) is 12.2 Å². The first kappa shape index (κ1) is 14.7. The number of non-ortho nitro benzene ring substituents is 1. The minimum Gasteiger partial charge on any atom is -0.330 e. The van der Waals surface area contributed by atoms with Crippen LogP contribution in [-0.4, -0.2) is 16.5 Å². The summed E-state index contributed by atoms with van der Waals surface area (Å²) in [6, 6.07) is 4.30. The van der Waals surface area contributed by atoms with Crippen LogP contribution in [0.1, 0.15) is 12.6 Å². The van der Waals surface area contributed by atoms with Crippen LogP contribution >= 0.6 is 22.9 Å². The van der Waals surface area contributed by atoms with Crippen molar-refractivity contribution in [3.05, 3.63) is 44.4 Å². The average molecular weight is 313 g/mol. The van der Waals surface area contributed by atoms with Gasteiger partial charge in [0.05, 0.1) is 21.3 Å². The van der Waals surface area contributed by atoms with Crippen molar-refractivity contribution in [2.45, 2.75) is 13.5 Å². The minimum absolute atomic E-state index is 0.0347. The van der Waals surface area contributed by atoms with Crippen molar-refractivity contribution in [1.29, 1.82) is 0 Å². The number of nitrogens with zero attached hydrogens (tertiary/aromatic N) is 2. The van der Waals surface area contributed by atoms with E-state index in [-0.39, 0.29) is 5.69 Å². The van der Waals surface area contributed by atoms with E-state index in [0.29, 0.717) is 22.4 Å². The van der Waals surface area contributed by atoms with Crippen molar-refractivity contribution in [2.75, 3.05) is 11.9 Å². The predicted octanol–water partition coefficient (Wildman–Crippen LogP) is 3.56. The van der Waals surface area contributed by atoms with Gasteiger partial charge in [-0.2, -0.15) is 0 Å². The Morgan fingerprint density at radius 2 is 2.30 bits per heavy atom. The molecule has 0 radical (unpaired) electrons. The molecule has 0 saturated heterocycles. The molecule has 1 heterocycles. The van der Waals surface area contributed by atoms with Crippen LogP contribution in [0.5, 0.6) is 0 Å². The Balaban J connectivity index is 2.09. The van der Waals surface area contributed by atoms with Gasteiger partial charge in [-0.3, -0.25) is 10.1 Å². The van der Waals surface area contributed by atoms with E-state index in [9.17, 15) is 10.1 Å². The maximum Gasteiger partial charge on any atom is 0.271 e. The molecule has 0 aliphatic carbocycles. The zero-order chi connectivity index (χ0) is 14.5. The Labute approximate surface area is 124 Å². The van der Waals surface area contributed by atoms with Gasteiger partial charge in [-0.25, -0.2) is 4.98 Å². The molecular weight excluding hydrogens is 300 g/mol. The lowest BCUT2D eigenvalue weighted by Gasteiger charge is -2.04. The SMILES string of the molecule is CCNCc1csc(Nc2ccc([N+](=O)[O-])cc2Cl)n1. The van der Waals surface area contributed by atoms with E-state index < -0.39 is 4.92 Å². The van der Waals surface area contributed by atoms with Crippen molar-refractivity contribution in [1.82, 2.24) is 10.3 Å². The quantitative estimate of drug-likeness (QED) is 0.629. The predicted molar refractivity (Wildman–Crippen MR) is 80.9 cm³/mol. The molecule has 0 fully saturated rings. The molecule has 8 heteroatoms. The summed E-state index contributed by atoms with van der Waals surface area (Å²) < 4.78 is 0. The highest BCUT2D eigenvalue weighted by Gasteiger charge is 2.10. The van der Waals surface area contributed by atoms with Crippen molar-refractivity contribution in [3.8, 4) is 0 Å². The molecule has 0 aliphatic rings. The first-order valence-electron chi connectivity index (χ1n) is 5.96. The zero-order valence-electron chi connectivity index (χ0n) is 10.7. The first-order valence-corrected chi connectivity index (χ1v) is 7.22. The van der Waals surface area contributed by atoms with Crippen LogP contribution in [0.15, 0.2) is 23.6 Å². The highest BCUT2D eigenvalue weighted by atomic mass is 35.5. The molecule has 1 aromatic heterocycles. The molecule has 0 unspecified atom stereocenters. The lowest BCUT2D eigenvalue weighted by Crippen LogP contribution is -2.11. The van der Waals surface area contributed by atoms with Crippen LogP contribution in [0.3, 0.4) is 0 Å². The van der Waals surface area contributed by atoms with Gasteiger partial charge in [-0.15, -0.1) is 11.3 Å². The number of nitro benzene ring substituents is 1. The zero-order valence-corrected chi connectivity index (χ0v) is 12.3. The van der Waals surface area contributed by atoms with Gasteiger partial charge in [0.25, 0.3) is 5.69 Å². The molecule has 1 aromatic carbocycles. The van der Waals surface area contributed by atoms with Crippen LogP contribution < -0.4 is 10.6 Å². The number of aromatic nitrogens is 1. The third kappa shape index (κ3) is 3.66. The average Bonchev–Trinajstić information content (AvgIpc) is 2.86. The van der Waals surface area contributed by atoms with Crippen molar-refractivity contribution < 1.29 is 4.92 Å². The number of benzene rings is 1. The third-order valence-corrected chi connectivity index (χ3v) is 3.63. The number of anilines is 2. The monoisotopic (exact) mass is 312 g/mol. The fourth-order valence-corrected chi connectivity index (χ4v) is 2.48. The fourth-order valence-electron chi connectivity index (χ4n) is 1.53. The maximum atomic E-state index is 10.6. The molecule has 0 spiro atoms. The smallest absolute Gasteiger partial charge is 0.271 e. The van der Waals surface area contributed by atoms with E-state index >= 15 is 0 Å². The first-order chi connectivity index (χ1) is 9.60. The number of nitrogens with one attached hydrogen (secondary N) is 2. The van der Waals surface area contributed by atoms with Crippen molar-refractivity contribution in [2.24, 2.45) is 0 Å². The third-order valence-electron chi connectivity index (χ3n) is 2.51. The lowest BCUT2D eigenvalue weighted by molar-refractivity contribution is -0.384. The second kappa shape index (κ2) is 6.65. The number of hydrogen-bond acceptors (Lipinski definition) is 6. The summed E-state index contributed by atoms with van der Waals surface area (Å²) in [5.74, 6) is 0. The Kier molecular flexibility index (Phi) is 4.89. The van der Waals surface area contributed by atoms with Gasteiger partial charge in [0.2, 0.25) is 0 Å². The molecular formula is C12H13ClN4O2S. The van der Waals surface area contributed by atoms with E-state index in [1.807, 2.05) is 12.3 Å². The number of thiazole rings is 1. The van der Waals surface area contributed by atoms with E-state index in [4.69, 9.17) is 11.6 Å². The van der Waals surface area contributed by atoms with Crippen molar-refractivity contribution >= 4 is 39.4 Å². The van der Waals surface area contributed by atoms with E-state index in [1.54, 1.807) is 6.07 Å². The summed E-state index contributed by atoms with van der Waals surface area (Å²) in [5, 5.41) is 19.8. The largest absolute Gasteiger partial charge is 0.330 e. The number of hydrogen-bond donors (Lipinski definition) is 2. The topological polar surface area (TPSA) is 80.1 Å². The summed E-state index contributed by atoms with van der Waals surface area (Å²) in [6.07, 6.45) is 0. The normalized spacial score (nSPS) is 10.5. The minimum atomic E-state index is -0.479. The van der Waals surface area contributed by atoms with Gasteiger partial charge >= 0.3 is 0 Å². The van der Waals surface area contributed by atoms with Crippen LogP contribution in [0.4, 0.5) is 16.5 Å². The van der Waals surface area contributed by atoms with Crippen molar-refractivity contribution in [3.63, 3.8) is 0 Å². The summed E-state index contributed by atoms with van der Waals surface area (Å²) in [4.78, 5) is 14.6. The summed E-state index contributed by atoms with van der Waals surface area (Å²) >= 11 is 7.47. The van der Waals surface area contributed by atoms with Crippen LogP contribution in [0.25, 0.3) is 0 Å². The molecule has 6 nitrogen and oxygen atoms in total. The number of nitro groups is 1. The molecule has 0 aliphatic heterocycles. The van der Waals surface area contributed by atoms with Crippen LogP contribution in [-0.2, 0) is 6.54 Å². The molecule has 0 saturated carbocycles. The van der Waals surface area contributed by atoms with E-state index in [1.165, 1.54) is 23.5 Å². The molecule has 2 N–H and O–H groups in total. The highest BCUT2D eigenvalue weighted by molar-refractivity contribution is 7.13. The van der Waals surface area contributed by atoms with Gasteiger partial charge in [0, 0.05) is 24.1 Å². The molecule has 106 valence electrons. The van der Waals surface area contributed by atoms with E-state index in [2.05, 4.69) is 15.6 Å².